The number of rotatable bonds is 3. The molecule has 1 aliphatic carbocycles. The molecule has 1 fully saturated rings. The van der Waals surface area contributed by atoms with E-state index in [0.29, 0.717) is 0 Å². The number of hydrogen-bond acceptors (Lipinski definition) is 3. The highest BCUT2D eigenvalue weighted by atomic mass is 19.1. The Kier molecular flexibility index (Phi) is 5.27. The standard InChI is InChI=1S/C15H19FN2O3/c16-11-5-3-6-12(8-11)18-15(21)14(20)17-9-10-4-1-2-7-13(10)19/h3,5-6,8,10,13,19H,1-2,4,7,9H2,(H,17,20)(H,18,21)/t10-,13+/m0/s1. The Morgan fingerprint density at radius 3 is 2.71 bits per heavy atom. The van der Waals surface area contributed by atoms with Crippen LogP contribution in [0, 0.1) is 11.7 Å². The summed E-state index contributed by atoms with van der Waals surface area (Å²) in [7, 11) is 0. The summed E-state index contributed by atoms with van der Waals surface area (Å²) in [5.41, 5.74) is 0.229. The Bertz CT molecular complexity index is 521. The van der Waals surface area contributed by atoms with Gasteiger partial charge in [0.25, 0.3) is 0 Å². The van der Waals surface area contributed by atoms with E-state index in [1.54, 1.807) is 0 Å². The summed E-state index contributed by atoms with van der Waals surface area (Å²) < 4.78 is 13.0. The second-order valence-corrected chi connectivity index (χ2v) is 5.29. The van der Waals surface area contributed by atoms with Gasteiger partial charge in [0.2, 0.25) is 0 Å². The van der Waals surface area contributed by atoms with Crippen LogP contribution in [-0.2, 0) is 9.59 Å². The van der Waals surface area contributed by atoms with Gasteiger partial charge in [-0.15, -0.1) is 0 Å². The molecule has 0 aliphatic heterocycles. The van der Waals surface area contributed by atoms with Gasteiger partial charge in [0.05, 0.1) is 6.10 Å². The van der Waals surface area contributed by atoms with E-state index in [0.717, 1.165) is 31.7 Å². The van der Waals surface area contributed by atoms with Crippen LogP contribution < -0.4 is 10.6 Å². The molecule has 0 radical (unpaired) electrons. The lowest BCUT2D eigenvalue weighted by Gasteiger charge is -2.27. The van der Waals surface area contributed by atoms with E-state index in [4.69, 9.17) is 0 Å². The Balaban J connectivity index is 1.81. The fourth-order valence-electron chi connectivity index (χ4n) is 2.48. The van der Waals surface area contributed by atoms with E-state index in [-0.39, 0.29) is 18.2 Å². The van der Waals surface area contributed by atoms with E-state index >= 15 is 0 Å². The Morgan fingerprint density at radius 2 is 2.00 bits per heavy atom. The number of aliphatic hydroxyl groups excluding tert-OH is 1. The van der Waals surface area contributed by atoms with Gasteiger partial charge in [-0.25, -0.2) is 4.39 Å². The van der Waals surface area contributed by atoms with Crippen LogP contribution in [0.5, 0.6) is 0 Å². The summed E-state index contributed by atoms with van der Waals surface area (Å²) in [6, 6.07) is 5.33. The fraction of sp³-hybridized carbons (Fsp3) is 0.467. The molecule has 114 valence electrons. The molecule has 6 heteroatoms. The molecule has 21 heavy (non-hydrogen) atoms. The maximum Gasteiger partial charge on any atom is 0.313 e. The number of carbonyl (C=O) groups is 2. The van der Waals surface area contributed by atoms with E-state index in [2.05, 4.69) is 10.6 Å². The smallest absolute Gasteiger partial charge is 0.313 e. The van der Waals surface area contributed by atoms with Crippen LogP contribution >= 0.6 is 0 Å². The van der Waals surface area contributed by atoms with Crippen molar-refractivity contribution in [2.75, 3.05) is 11.9 Å². The van der Waals surface area contributed by atoms with Crippen molar-refractivity contribution < 1.29 is 19.1 Å². The number of hydrogen-bond donors (Lipinski definition) is 3. The molecular weight excluding hydrogens is 275 g/mol. The molecule has 1 aromatic carbocycles. The number of aliphatic hydroxyl groups is 1. The predicted octanol–water partition coefficient (Wildman–Crippen LogP) is 1.43. The predicted molar refractivity (Wildman–Crippen MR) is 76.0 cm³/mol. The molecule has 2 amide bonds. The summed E-state index contributed by atoms with van der Waals surface area (Å²) in [6.45, 7) is 0.274. The van der Waals surface area contributed by atoms with E-state index in [9.17, 15) is 19.1 Å². The van der Waals surface area contributed by atoms with Gasteiger partial charge < -0.3 is 15.7 Å². The number of nitrogens with one attached hydrogen (secondary N) is 2. The Hall–Kier alpha value is -1.95. The van der Waals surface area contributed by atoms with Crippen molar-refractivity contribution in [2.45, 2.75) is 31.8 Å². The van der Waals surface area contributed by atoms with Gasteiger partial charge in [0, 0.05) is 18.2 Å². The van der Waals surface area contributed by atoms with Gasteiger partial charge in [-0.05, 0) is 31.0 Å². The summed E-state index contributed by atoms with van der Waals surface area (Å²) in [5.74, 6) is -2.12. The topological polar surface area (TPSA) is 78.4 Å². The van der Waals surface area contributed by atoms with Gasteiger partial charge in [-0.3, -0.25) is 9.59 Å². The number of benzene rings is 1. The van der Waals surface area contributed by atoms with Crippen LogP contribution in [0.1, 0.15) is 25.7 Å². The molecule has 3 N–H and O–H groups in total. The first-order valence-electron chi connectivity index (χ1n) is 7.09. The number of halogens is 1. The second-order valence-electron chi connectivity index (χ2n) is 5.29. The number of anilines is 1. The molecule has 0 saturated heterocycles. The molecular formula is C15H19FN2O3. The lowest BCUT2D eigenvalue weighted by atomic mass is 9.86. The van der Waals surface area contributed by atoms with Gasteiger partial charge in [0.15, 0.2) is 0 Å². The van der Waals surface area contributed by atoms with E-state index in [1.807, 2.05) is 0 Å². The molecule has 2 rings (SSSR count). The van der Waals surface area contributed by atoms with Crippen LogP contribution in [0.3, 0.4) is 0 Å². The Labute approximate surface area is 122 Å². The number of amides is 2. The number of carbonyl (C=O) groups excluding carboxylic acids is 2. The molecule has 0 bridgehead atoms. The second kappa shape index (κ2) is 7.17. The van der Waals surface area contributed by atoms with Gasteiger partial charge in [-0.2, -0.15) is 0 Å². The van der Waals surface area contributed by atoms with Crippen LogP contribution in [0.4, 0.5) is 10.1 Å². The monoisotopic (exact) mass is 294 g/mol. The molecule has 0 heterocycles. The molecule has 5 nitrogen and oxygen atoms in total. The SMILES string of the molecule is O=C(NC[C@@H]1CCCC[C@H]1O)C(=O)Nc1cccc(F)c1. The summed E-state index contributed by atoms with van der Waals surface area (Å²) >= 11 is 0. The van der Waals surface area contributed by atoms with Crippen molar-refractivity contribution in [3.63, 3.8) is 0 Å². The van der Waals surface area contributed by atoms with Crippen LogP contribution in [0.15, 0.2) is 24.3 Å². The first-order chi connectivity index (χ1) is 10.1. The average molecular weight is 294 g/mol. The third-order valence-electron chi connectivity index (χ3n) is 3.68. The highest BCUT2D eigenvalue weighted by Gasteiger charge is 2.24. The molecule has 0 aromatic heterocycles. The summed E-state index contributed by atoms with van der Waals surface area (Å²) in [5, 5.41) is 14.6. The average Bonchev–Trinajstić information content (AvgIpc) is 2.46. The molecule has 1 aliphatic rings. The molecule has 2 atom stereocenters. The van der Waals surface area contributed by atoms with Gasteiger partial charge in [-0.1, -0.05) is 18.9 Å². The minimum Gasteiger partial charge on any atom is -0.393 e. The van der Waals surface area contributed by atoms with Crippen molar-refractivity contribution in [3.8, 4) is 0 Å². The first-order valence-corrected chi connectivity index (χ1v) is 7.09. The molecule has 0 unspecified atom stereocenters. The van der Waals surface area contributed by atoms with Crippen molar-refractivity contribution >= 4 is 17.5 Å². The van der Waals surface area contributed by atoms with Crippen molar-refractivity contribution in [1.29, 1.82) is 0 Å². The largest absolute Gasteiger partial charge is 0.393 e. The zero-order valence-corrected chi connectivity index (χ0v) is 11.6. The van der Waals surface area contributed by atoms with Gasteiger partial charge >= 0.3 is 11.8 Å². The zero-order valence-electron chi connectivity index (χ0n) is 11.6. The third-order valence-corrected chi connectivity index (χ3v) is 3.68. The van der Waals surface area contributed by atoms with Crippen LogP contribution in [0.25, 0.3) is 0 Å². The highest BCUT2D eigenvalue weighted by molar-refractivity contribution is 6.39. The molecule has 0 spiro atoms. The minimum absolute atomic E-state index is 0.00957. The van der Waals surface area contributed by atoms with Crippen LogP contribution in [0.2, 0.25) is 0 Å². The Morgan fingerprint density at radius 1 is 1.24 bits per heavy atom. The minimum atomic E-state index is -0.842. The molecule has 1 saturated carbocycles. The molecule has 1 aromatic rings. The lowest BCUT2D eigenvalue weighted by Crippen LogP contribution is -2.41. The quantitative estimate of drug-likeness (QED) is 0.738. The van der Waals surface area contributed by atoms with Crippen molar-refractivity contribution in [2.24, 2.45) is 5.92 Å². The van der Waals surface area contributed by atoms with Crippen molar-refractivity contribution in [1.82, 2.24) is 5.32 Å². The highest BCUT2D eigenvalue weighted by Crippen LogP contribution is 2.23. The normalized spacial score (nSPS) is 21.6. The zero-order chi connectivity index (χ0) is 15.2. The maximum absolute atomic E-state index is 13.0. The van der Waals surface area contributed by atoms with E-state index in [1.165, 1.54) is 18.2 Å². The first kappa shape index (κ1) is 15.4. The van der Waals surface area contributed by atoms with Crippen LogP contribution in [-0.4, -0.2) is 29.6 Å². The third kappa shape index (κ3) is 4.53. The lowest BCUT2D eigenvalue weighted by molar-refractivity contribution is -0.136. The van der Waals surface area contributed by atoms with E-state index < -0.39 is 23.7 Å². The van der Waals surface area contributed by atoms with Gasteiger partial charge in [0.1, 0.15) is 5.82 Å². The summed E-state index contributed by atoms with van der Waals surface area (Å²) in [6.07, 6.45) is 3.16. The summed E-state index contributed by atoms with van der Waals surface area (Å²) in [4.78, 5) is 23.4. The maximum atomic E-state index is 13.0. The van der Waals surface area contributed by atoms with Crippen molar-refractivity contribution in [3.05, 3.63) is 30.1 Å². The fourth-order valence-corrected chi connectivity index (χ4v) is 2.48.